The Morgan fingerprint density at radius 1 is 1.03 bits per heavy atom. The van der Waals surface area contributed by atoms with E-state index in [0.717, 1.165) is 57.9 Å². The zero-order chi connectivity index (χ0) is 24.2. The van der Waals surface area contributed by atoms with Crippen molar-refractivity contribution in [3.63, 3.8) is 0 Å². The van der Waals surface area contributed by atoms with Gasteiger partial charge in [-0.25, -0.2) is 0 Å². The monoisotopic (exact) mass is 453 g/mol. The number of nitrogens with one attached hydrogen (secondary N) is 4. The maximum Gasteiger partial charge on any atom is 0.0245 e. The summed E-state index contributed by atoms with van der Waals surface area (Å²) in [6, 6.07) is 1.06. The van der Waals surface area contributed by atoms with Crippen LogP contribution in [0.25, 0.3) is 0 Å². The Labute approximate surface area is 201 Å². The van der Waals surface area contributed by atoms with Gasteiger partial charge in [-0.2, -0.15) is 0 Å². The molecule has 192 valence electrons. The molecule has 0 bridgehead atoms. The molecule has 0 aromatic rings. The summed E-state index contributed by atoms with van der Waals surface area (Å²) in [5.41, 5.74) is 7.05. The molecule has 0 aromatic carbocycles. The van der Waals surface area contributed by atoms with Crippen LogP contribution in [-0.2, 0) is 0 Å². The topological polar surface area (TPSA) is 74.1 Å². The molecule has 1 fully saturated rings. The Balaban J connectivity index is 2.44. The van der Waals surface area contributed by atoms with E-state index in [2.05, 4.69) is 76.7 Å². The van der Waals surface area contributed by atoms with Crippen molar-refractivity contribution in [1.82, 2.24) is 21.3 Å². The van der Waals surface area contributed by atoms with Gasteiger partial charge < -0.3 is 27.0 Å². The van der Waals surface area contributed by atoms with Gasteiger partial charge in [-0.05, 0) is 58.0 Å². The second kappa shape index (κ2) is 14.9. The van der Waals surface area contributed by atoms with E-state index in [1.807, 2.05) is 0 Å². The second-order valence-corrected chi connectivity index (χ2v) is 11.6. The number of hydrogen-bond donors (Lipinski definition) is 5. The highest BCUT2D eigenvalue weighted by Crippen LogP contribution is 2.25. The fourth-order valence-corrected chi connectivity index (χ4v) is 4.61. The summed E-state index contributed by atoms with van der Waals surface area (Å²) in [7, 11) is 0. The van der Waals surface area contributed by atoms with Crippen molar-refractivity contribution >= 4 is 0 Å². The van der Waals surface area contributed by atoms with Crippen LogP contribution in [0.15, 0.2) is 0 Å². The van der Waals surface area contributed by atoms with Crippen LogP contribution >= 0.6 is 0 Å². The lowest BCUT2D eigenvalue weighted by Gasteiger charge is -2.42. The van der Waals surface area contributed by atoms with E-state index in [-0.39, 0.29) is 11.1 Å². The quantitative estimate of drug-likeness (QED) is 0.189. The molecule has 5 nitrogen and oxygen atoms in total. The van der Waals surface area contributed by atoms with Crippen molar-refractivity contribution in [2.75, 3.05) is 32.7 Å². The molecule has 0 saturated carbocycles. The molecule has 1 heterocycles. The van der Waals surface area contributed by atoms with Gasteiger partial charge in [0.2, 0.25) is 0 Å². The van der Waals surface area contributed by atoms with Crippen molar-refractivity contribution in [3.05, 3.63) is 0 Å². The molecule has 1 rings (SSSR count). The molecule has 5 unspecified atom stereocenters. The van der Waals surface area contributed by atoms with Crippen LogP contribution in [0.4, 0.5) is 0 Å². The Kier molecular flexibility index (Phi) is 13.9. The van der Waals surface area contributed by atoms with Crippen LogP contribution < -0.4 is 27.0 Å². The van der Waals surface area contributed by atoms with E-state index < -0.39 is 0 Å². The number of nitrogens with two attached hydrogens (primary N) is 1. The minimum Gasteiger partial charge on any atom is -0.325 e. The molecule has 5 atom stereocenters. The van der Waals surface area contributed by atoms with Crippen molar-refractivity contribution in [3.8, 4) is 0 Å². The lowest BCUT2D eigenvalue weighted by Crippen LogP contribution is -2.62. The first-order valence-corrected chi connectivity index (χ1v) is 13.8. The van der Waals surface area contributed by atoms with Crippen LogP contribution in [0, 0.1) is 17.8 Å². The van der Waals surface area contributed by atoms with Crippen molar-refractivity contribution < 1.29 is 0 Å². The number of hydrogen-bond acceptors (Lipinski definition) is 5. The van der Waals surface area contributed by atoms with Gasteiger partial charge in [-0.1, -0.05) is 67.2 Å². The van der Waals surface area contributed by atoms with Crippen LogP contribution in [0.1, 0.15) is 100 Å². The Bertz CT molecular complexity index is 481. The second-order valence-electron chi connectivity index (χ2n) is 11.6. The number of rotatable bonds is 19. The fourth-order valence-electron chi connectivity index (χ4n) is 4.61. The lowest BCUT2D eigenvalue weighted by molar-refractivity contribution is 0.181. The zero-order valence-electron chi connectivity index (χ0n) is 22.9. The summed E-state index contributed by atoms with van der Waals surface area (Å²) in [6.07, 6.45) is 8.49. The predicted molar refractivity (Wildman–Crippen MR) is 142 cm³/mol. The van der Waals surface area contributed by atoms with E-state index in [4.69, 9.17) is 5.73 Å². The van der Waals surface area contributed by atoms with E-state index in [1.54, 1.807) is 0 Å². The summed E-state index contributed by atoms with van der Waals surface area (Å²) in [5, 5.41) is 14.9. The van der Waals surface area contributed by atoms with E-state index in [0.29, 0.717) is 23.9 Å². The van der Waals surface area contributed by atoms with Gasteiger partial charge in [0.15, 0.2) is 0 Å². The lowest BCUT2D eigenvalue weighted by atomic mass is 9.81. The van der Waals surface area contributed by atoms with E-state index >= 15 is 0 Å². The zero-order valence-corrected chi connectivity index (χ0v) is 22.9. The van der Waals surface area contributed by atoms with Gasteiger partial charge in [0.25, 0.3) is 0 Å². The Morgan fingerprint density at radius 2 is 1.75 bits per heavy atom. The van der Waals surface area contributed by atoms with Crippen molar-refractivity contribution in [2.45, 2.75) is 123 Å². The summed E-state index contributed by atoms with van der Waals surface area (Å²) >= 11 is 0. The van der Waals surface area contributed by atoms with Gasteiger partial charge in [-0.15, -0.1) is 0 Å². The molecule has 0 amide bonds. The Morgan fingerprint density at radius 3 is 2.28 bits per heavy atom. The van der Waals surface area contributed by atoms with Crippen LogP contribution in [0.2, 0.25) is 0 Å². The molecular formula is C27H59N5. The first kappa shape index (κ1) is 29.8. The van der Waals surface area contributed by atoms with E-state index in [1.165, 1.54) is 25.7 Å². The van der Waals surface area contributed by atoms with Gasteiger partial charge in [0.05, 0.1) is 0 Å². The normalized spacial score (nSPS) is 23.1. The molecule has 0 aromatic heterocycles. The summed E-state index contributed by atoms with van der Waals surface area (Å²) in [6.45, 7) is 23.7. The maximum absolute atomic E-state index is 6.89. The summed E-state index contributed by atoms with van der Waals surface area (Å²) in [5.74, 6) is 1.93. The average molecular weight is 454 g/mol. The fraction of sp³-hybridized carbons (Fsp3) is 1.00. The Hall–Kier alpha value is -0.200. The molecule has 1 aliphatic rings. The van der Waals surface area contributed by atoms with Gasteiger partial charge in [-0.3, -0.25) is 0 Å². The van der Waals surface area contributed by atoms with Crippen LogP contribution in [-0.4, -0.2) is 55.9 Å². The van der Waals surface area contributed by atoms with Crippen LogP contribution in [0.3, 0.4) is 0 Å². The van der Waals surface area contributed by atoms with Crippen molar-refractivity contribution in [1.29, 1.82) is 0 Å². The third-order valence-corrected chi connectivity index (χ3v) is 8.32. The van der Waals surface area contributed by atoms with Gasteiger partial charge in [0.1, 0.15) is 0 Å². The number of unbranched alkanes of at least 4 members (excludes halogenated alkanes) is 3. The van der Waals surface area contributed by atoms with Crippen LogP contribution in [0.5, 0.6) is 0 Å². The standard InChI is InChI=1S/C27H59N5/c1-9-12-13-14-15-27(28,10-2)16-24(30-11-3)22(6)17-29-20-25-23(18-31-25)19-32-26(7,8)21(4)5/h21-25,29-32H,9-20,28H2,1-8H3. The first-order chi connectivity index (χ1) is 15.1. The molecular weight excluding hydrogens is 394 g/mol. The minimum atomic E-state index is -0.0374. The molecule has 0 spiro atoms. The van der Waals surface area contributed by atoms with Crippen molar-refractivity contribution in [2.24, 2.45) is 23.5 Å². The average Bonchev–Trinajstić information content (AvgIpc) is 2.73. The summed E-state index contributed by atoms with van der Waals surface area (Å²) in [4.78, 5) is 0. The molecule has 0 radical (unpaired) electrons. The SMILES string of the molecule is CCCCCCC(N)(CC)CC(NCC)C(C)CNCC1NCC1CNC(C)(C)C(C)C. The predicted octanol–water partition coefficient (Wildman–Crippen LogP) is 4.27. The summed E-state index contributed by atoms with van der Waals surface area (Å²) < 4.78 is 0. The molecule has 1 saturated heterocycles. The highest BCUT2D eigenvalue weighted by Gasteiger charge is 2.33. The van der Waals surface area contributed by atoms with Gasteiger partial charge >= 0.3 is 0 Å². The van der Waals surface area contributed by atoms with Gasteiger partial charge in [0, 0.05) is 48.7 Å². The third-order valence-electron chi connectivity index (χ3n) is 8.32. The largest absolute Gasteiger partial charge is 0.325 e. The molecule has 0 aliphatic carbocycles. The molecule has 1 aliphatic heterocycles. The highest BCUT2D eigenvalue weighted by molar-refractivity contribution is 4.94. The third kappa shape index (κ3) is 10.4. The molecule has 6 N–H and O–H groups in total. The minimum absolute atomic E-state index is 0.0374. The molecule has 32 heavy (non-hydrogen) atoms. The first-order valence-electron chi connectivity index (χ1n) is 13.8. The maximum atomic E-state index is 6.89. The highest BCUT2D eigenvalue weighted by atomic mass is 15.1. The smallest absolute Gasteiger partial charge is 0.0245 e. The van der Waals surface area contributed by atoms with E-state index in [9.17, 15) is 0 Å². The molecule has 5 heteroatoms.